The molecule has 1 aromatic heterocycles. The van der Waals surface area contributed by atoms with Gasteiger partial charge in [-0.2, -0.15) is 0 Å². The number of hydrogen-bond acceptors (Lipinski definition) is 3. The molecule has 0 saturated carbocycles. The number of amides is 3. The fraction of sp³-hybridized carbons (Fsp3) is 0.320. The zero-order valence-electron chi connectivity index (χ0n) is 18.0. The molecule has 1 fully saturated rings. The summed E-state index contributed by atoms with van der Waals surface area (Å²) in [7, 11) is 0. The lowest BCUT2D eigenvalue weighted by Gasteiger charge is -2.33. The Morgan fingerprint density at radius 3 is 2.72 bits per heavy atom. The Hall–Kier alpha value is -3.61. The summed E-state index contributed by atoms with van der Waals surface area (Å²) in [6.07, 6.45) is 4.69. The lowest BCUT2D eigenvalue weighted by molar-refractivity contribution is -0.134. The zero-order chi connectivity index (χ0) is 22.3. The summed E-state index contributed by atoms with van der Waals surface area (Å²) in [5, 5.41) is 6.65. The minimum absolute atomic E-state index is 0.0672. The number of carbonyl (C=O) groups is 3. The summed E-state index contributed by atoms with van der Waals surface area (Å²) in [6.45, 7) is 1.10. The molecule has 32 heavy (non-hydrogen) atoms. The van der Waals surface area contributed by atoms with E-state index in [0.29, 0.717) is 18.7 Å². The van der Waals surface area contributed by atoms with Gasteiger partial charge < -0.3 is 20.5 Å². The molecular formula is C25H28N4O3. The zero-order valence-corrected chi connectivity index (χ0v) is 18.0. The van der Waals surface area contributed by atoms with E-state index < -0.39 is 0 Å². The molecule has 1 unspecified atom stereocenters. The summed E-state index contributed by atoms with van der Waals surface area (Å²) >= 11 is 0. The monoisotopic (exact) mass is 432 g/mol. The molecule has 4 rings (SSSR count). The van der Waals surface area contributed by atoms with Crippen LogP contribution in [0.1, 0.15) is 47.6 Å². The number of H-pyrrole nitrogens is 1. The van der Waals surface area contributed by atoms with Crippen molar-refractivity contribution in [2.45, 2.75) is 31.7 Å². The molecule has 3 amide bonds. The van der Waals surface area contributed by atoms with Crippen LogP contribution in [0.5, 0.6) is 0 Å². The first-order valence-electron chi connectivity index (χ1n) is 11.1. The standard InChI is InChI=1S/C25H28N4O3/c30-23-16-22(18-7-3-1-4-8-18)29(14-6-2-5-12-27-23)24(31)17-28-25(32)20-9-10-21-19(15-20)11-13-26-21/h1,3-4,7-11,13,15,22,26H,2,5-6,12,14,16-17H2,(H,27,30)(H,28,32). The lowest BCUT2D eigenvalue weighted by atomic mass is 10.00. The van der Waals surface area contributed by atoms with E-state index in [1.807, 2.05) is 48.7 Å². The summed E-state index contributed by atoms with van der Waals surface area (Å²) in [6, 6.07) is 16.5. The van der Waals surface area contributed by atoms with Crippen molar-refractivity contribution in [3.63, 3.8) is 0 Å². The third-order valence-corrected chi connectivity index (χ3v) is 5.87. The molecule has 0 radical (unpaired) electrons. The third-order valence-electron chi connectivity index (χ3n) is 5.87. The van der Waals surface area contributed by atoms with Crippen LogP contribution >= 0.6 is 0 Å². The summed E-state index contributed by atoms with van der Waals surface area (Å²) in [5.74, 6) is -0.554. The maximum absolute atomic E-state index is 13.2. The first-order chi connectivity index (χ1) is 15.6. The van der Waals surface area contributed by atoms with Crippen LogP contribution in [0.15, 0.2) is 60.8 Å². The molecule has 3 aromatic rings. The minimum Gasteiger partial charge on any atom is -0.361 e. The van der Waals surface area contributed by atoms with E-state index in [9.17, 15) is 14.4 Å². The van der Waals surface area contributed by atoms with Gasteiger partial charge in [-0.3, -0.25) is 14.4 Å². The highest BCUT2D eigenvalue weighted by atomic mass is 16.2. The topological polar surface area (TPSA) is 94.3 Å². The number of fused-ring (bicyclic) bond motifs is 1. The van der Waals surface area contributed by atoms with Crippen LogP contribution < -0.4 is 10.6 Å². The van der Waals surface area contributed by atoms with Gasteiger partial charge in [-0.15, -0.1) is 0 Å². The van der Waals surface area contributed by atoms with Gasteiger partial charge in [0.25, 0.3) is 5.91 Å². The average molecular weight is 433 g/mol. The van der Waals surface area contributed by atoms with Crippen molar-refractivity contribution >= 4 is 28.6 Å². The Kier molecular flexibility index (Phi) is 6.84. The van der Waals surface area contributed by atoms with Crippen LogP contribution in [0.25, 0.3) is 10.9 Å². The fourth-order valence-corrected chi connectivity index (χ4v) is 4.15. The molecule has 1 aliphatic rings. The summed E-state index contributed by atoms with van der Waals surface area (Å²) < 4.78 is 0. The number of aromatic nitrogens is 1. The number of nitrogens with one attached hydrogen (secondary N) is 3. The fourth-order valence-electron chi connectivity index (χ4n) is 4.15. The van der Waals surface area contributed by atoms with Crippen molar-refractivity contribution in [3.8, 4) is 0 Å². The van der Waals surface area contributed by atoms with Crippen LogP contribution in [0.2, 0.25) is 0 Å². The second kappa shape index (κ2) is 10.1. The van der Waals surface area contributed by atoms with Gasteiger partial charge in [0.2, 0.25) is 11.8 Å². The number of rotatable bonds is 4. The Balaban J connectivity index is 1.49. The van der Waals surface area contributed by atoms with Crippen LogP contribution in [0.3, 0.4) is 0 Å². The van der Waals surface area contributed by atoms with Gasteiger partial charge in [0.1, 0.15) is 0 Å². The Labute approximate surface area is 187 Å². The van der Waals surface area contributed by atoms with Crippen molar-refractivity contribution in [1.29, 1.82) is 0 Å². The third kappa shape index (κ3) is 5.17. The van der Waals surface area contributed by atoms with Crippen molar-refractivity contribution in [1.82, 2.24) is 20.5 Å². The van der Waals surface area contributed by atoms with Crippen molar-refractivity contribution in [2.24, 2.45) is 0 Å². The quantitative estimate of drug-likeness (QED) is 0.591. The van der Waals surface area contributed by atoms with E-state index in [4.69, 9.17) is 0 Å². The second-order valence-electron chi connectivity index (χ2n) is 8.09. The van der Waals surface area contributed by atoms with Crippen LogP contribution in [-0.4, -0.2) is 47.2 Å². The van der Waals surface area contributed by atoms with Gasteiger partial charge in [0.15, 0.2) is 0 Å². The average Bonchev–Trinajstić information content (AvgIpc) is 3.29. The number of aromatic amines is 1. The van der Waals surface area contributed by atoms with Crippen LogP contribution in [-0.2, 0) is 9.59 Å². The molecule has 0 spiro atoms. The summed E-state index contributed by atoms with van der Waals surface area (Å²) in [5.41, 5.74) is 2.37. The van der Waals surface area contributed by atoms with Crippen molar-refractivity contribution < 1.29 is 14.4 Å². The molecule has 2 aromatic carbocycles. The number of benzene rings is 2. The Morgan fingerprint density at radius 1 is 1.03 bits per heavy atom. The molecule has 7 heteroatoms. The Bertz CT molecular complexity index is 1090. The van der Waals surface area contributed by atoms with Crippen LogP contribution in [0.4, 0.5) is 0 Å². The van der Waals surface area contributed by atoms with E-state index in [1.54, 1.807) is 17.0 Å². The summed E-state index contributed by atoms with van der Waals surface area (Å²) in [4.78, 5) is 43.2. The van der Waals surface area contributed by atoms with Gasteiger partial charge in [0, 0.05) is 35.8 Å². The van der Waals surface area contributed by atoms with E-state index in [1.165, 1.54) is 0 Å². The minimum atomic E-state index is -0.366. The lowest BCUT2D eigenvalue weighted by Crippen LogP contribution is -2.44. The Morgan fingerprint density at radius 2 is 1.88 bits per heavy atom. The van der Waals surface area contributed by atoms with E-state index in [2.05, 4.69) is 15.6 Å². The van der Waals surface area contributed by atoms with Gasteiger partial charge in [-0.25, -0.2) is 0 Å². The van der Waals surface area contributed by atoms with Gasteiger partial charge in [-0.1, -0.05) is 30.3 Å². The smallest absolute Gasteiger partial charge is 0.251 e. The van der Waals surface area contributed by atoms with Gasteiger partial charge >= 0.3 is 0 Å². The molecule has 1 atom stereocenters. The maximum atomic E-state index is 13.2. The van der Waals surface area contributed by atoms with Crippen LogP contribution in [0, 0.1) is 0 Å². The van der Waals surface area contributed by atoms with Gasteiger partial charge in [0.05, 0.1) is 19.0 Å². The number of hydrogen-bond donors (Lipinski definition) is 3. The molecule has 7 nitrogen and oxygen atoms in total. The second-order valence-corrected chi connectivity index (χ2v) is 8.09. The predicted molar refractivity (Wildman–Crippen MR) is 123 cm³/mol. The molecule has 1 aliphatic heterocycles. The highest BCUT2D eigenvalue weighted by Crippen LogP contribution is 2.26. The van der Waals surface area contributed by atoms with E-state index >= 15 is 0 Å². The van der Waals surface area contributed by atoms with Crippen molar-refractivity contribution in [2.75, 3.05) is 19.6 Å². The molecule has 0 aliphatic carbocycles. The normalized spacial score (nSPS) is 17.6. The molecular weight excluding hydrogens is 404 g/mol. The SMILES string of the molecule is O=C1CC(c2ccccc2)N(C(=O)CNC(=O)c2ccc3[nH]ccc3c2)CCCCCN1. The van der Waals surface area contributed by atoms with Crippen molar-refractivity contribution in [3.05, 3.63) is 71.9 Å². The molecule has 166 valence electrons. The number of carbonyl (C=O) groups excluding carboxylic acids is 3. The van der Waals surface area contributed by atoms with E-state index in [0.717, 1.165) is 35.7 Å². The maximum Gasteiger partial charge on any atom is 0.251 e. The highest BCUT2D eigenvalue weighted by molar-refractivity contribution is 5.99. The first kappa shape index (κ1) is 21.6. The number of nitrogens with zero attached hydrogens (tertiary/aromatic N) is 1. The molecule has 0 bridgehead atoms. The predicted octanol–water partition coefficient (Wildman–Crippen LogP) is 3.16. The first-order valence-corrected chi connectivity index (χ1v) is 11.1. The van der Waals surface area contributed by atoms with Gasteiger partial charge in [-0.05, 0) is 49.1 Å². The molecule has 2 heterocycles. The molecule has 3 N–H and O–H groups in total. The largest absolute Gasteiger partial charge is 0.361 e. The van der Waals surface area contributed by atoms with E-state index in [-0.39, 0.29) is 36.7 Å². The molecule has 1 saturated heterocycles. The highest BCUT2D eigenvalue weighted by Gasteiger charge is 2.28.